The number of hydrogen-bond acceptors (Lipinski definition) is 7. The molecule has 4 aromatic rings. The Morgan fingerprint density at radius 1 is 1.14 bits per heavy atom. The highest BCUT2D eigenvalue weighted by Crippen LogP contribution is 2.34. The first-order valence-electron chi connectivity index (χ1n) is 11.4. The van der Waals surface area contributed by atoms with Gasteiger partial charge in [0.1, 0.15) is 24.9 Å². The Morgan fingerprint density at radius 3 is 2.56 bits per heavy atom. The minimum absolute atomic E-state index is 0.0192. The van der Waals surface area contributed by atoms with E-state index in [1.165, 1.54) is 12.4 Å². The van der Waals surface area contributed by atoms with Gasteiger partial charge in [0.05, 0.1) is 6.61 Å². The third-order valence-electron chi connectivity index (χ3n) is 5.42. The van der Waals surface area contributed by atoms with Gasteiger partial charge in [-0.2, -0.15) is 0 Å². The number of nitrogens with two attached hydrogens (primary N) is 1. The van der Waals surface area contributed by atoms with E-state index in [1.807, 2.05) is 31.2 Å². The van der Waals surface area contributed by atoms with Gasteiger partial charge in [-0.15, -0.1) is 9.78 Å². The maximum atomic E-state index is 12.7. The molecule has 4 rings (SSSR count). The summed E-state index contributed by atoms with van der Waals surface area (Å²) in [5.41, 5.74) is 7.47. The molecule has 186 valence electrons. The first-order valence-corrected chi connectivity index (χ1v) is 11.4. The summed E-state index contributed by atoms with van der Waals surface area (Å²) in [6.07, 6.45) is 3.53. The molecule has 1 atom stereocenters. The second-order valence-electron chi connectivity index (χ2n) is 7.82. The minimum Gasteiger partial charge on any atom is -0.490 e. The Labute approximate surface area is 206 Å². The molecule has 2 aromatic heterocycles. The van der Waals surface area contributed by atoms with E-state index in [4.69, 9.17) is 20.6 Å². The van der Waals surface area contributed by atoms with E-state index in [0.29, 0.717) is 35.9 Å². The number of ether oxygens (including phenoxy) is 2. The van der Waals surface area contributed by atoms with E-state index in [1.54, 1.807) is 24.3 Å². The van der Waals surface area contributed by atoms with Gasteiger partial charge < -0.3 is 15.2 Å². The van der Waals surface area contributed by atoms with Crippen LogP contribution in [0.2, 0.25) is 0 Å². The number of hydrogen-bond donors (Lipinski definition) is 3. The molecule has 0 spiro atoms. The normalized spacial score (nSPS) is 11.7. The van der Waals surface area contributed by atoms with Crippen LogP contribution in [0.25, 0.3) is 5.95 Å². The highest BCUT2D eigenvalue weighted by molar-refractivity contribution is 5.94. The van der Waals surface area contributed by atoms with E-state index >= 15 is 0 Å². The molecule has 0 aliphatic carbocycles. The highest BCUT2D eigenvalue weighted by atomic mass is 19.1. The summed E-state index contributed by atoms with van der Waals surface area (Å²) >= 11 is 0. The van der Waals surface area contributed by atoms with Crippen molar-refractivity contribution < 1.29 is 13.9 Å². The van der Waals surface area contributed by atoms with E-state index in [2.05, 4.69) is 20.1 Å². The summed E-state index contributed by atoms with van der Waals surface area (Å²) in [6.45, 7) is 1.54. The van der Waals surface area contributed by atoms with Crippen molar-refractivity contribution in [3.05, 3.63) is 93.9 Å². The number of halogens is 1. The van der Waals surface area contributed by atoms with Crippen molar-refractivity contribution in [2.45, 2.75) is 19.3 Å². The fourth-order valence-electron chi connectivity index (χ4n) is 3.74. The first kappa shape index (κ1) is 24.6. The maximum Gasteiger partial charge on any atom is 0.350 e. The molecule has 10 nitrogen and oxygen atoms in total. The molecule has 0 fully saturated rings. The van der Waals surface area contributed by atoms with E-state index < -0.39 is 12.4 Å². The third kappa shape index (κ3) is 5.57. The lowest BCUT2D eigenvalue weighted by Gasteiger charge is -2.18. The Kier molecular flexibility index (Phi) is 7.69. The lowest BCUT2D eigenvalue weighted by atomic mass is 9.90. The van der Waals surface area contributed by atoms with Gasteiger partial charge >= 0.3 is 5.69 Å². The number of H-pyrrole nitrogens is 1. The molecule has 0 saturated carbocycles. The van der Waals surface area contributed by atoms with Crippen molar-refractivity contribution in [1.29, 1.82) is 5.41 Å². The van der Waals surface area contributed by atoms with Crippen LogP contribution < -0.4 is 20.9 Å². The average Bonchev–Trinajstić information content (AvgIpc) is 3.28. The minimum atomic E-state index is -0.619. The SMILES string of the molecule is CCOc1cc(C(Cc2ccc(C(=N)N)cc2)c2nn(-c3ncccn3)c(=O)[nH]2)ccc1OCCF. The molecule has 11 heteroatoms. The summed E-state index contributed by atoms with van der Waals surface area (Å²) in [4.78, 5) is 23.8. The fraction of sp³-hybridized carbons (Fsp3) is 0.240. The molecule has 0 bridgehead atoms. The lowest BCUT2D eigenvalue weighted by Crippen LogP contribution is -2.18. The smallest absolute Gasteiger partial charge is 0.350 e. The zero-order valence-electron chi connectivity index (χ0n) is 19.6. The monoisotopic (exact) mass is 491 g/mol. The third-order valence-corrected chi connectivity index (χ3v) is 5.42. The van der Waals surface area contributed by atoms with Crippen LogP contribution in [0.3, 0.4) is 0 Å². The van der Waals surface area contributed by atoms with Crippen LogP contribution in [-0.4, -0.2) is 50.5 Å². The van der Waals surface area contributed by atoms with Gasteiger partial charge in [-0.3, -0.25) is 10.4 Å². The van der Waals surface area contributed by atoms with Gasteiger partial charge in [0.25, 0.3) is 5.95 Å². The Bertz CT molecular complexity index is 1370. The summed E-state index contributed by atoms with van der Waals surface area (Å²) in [7, 11) is 0. The van der Waals surface area contributed by atoms with Crippen LogP contribution in [0.5, 0.6) is 11.5 Å². The molecule has 36 heavy (non-hydrogen) atoms. The molecule has 1 unspecified atom stereocenters. The topological polar surface area (TPSA) is 145 Å². The second-order valence-corrected chi connectivity index (χ2v) is 7.82. The number of benzene rings is 2. The number of alkyl halides is 1. The summed E-state index contributed by atoms with van der Waals surface area (Å²) in [5, 5.41) is 12.1. The Hall–Kier alpha value is -4.54. The molecule has 4 N–H and O–H groups in total. The Morgan fingerprint density at radius 2 is 1.89 bits per heavy atom. The van der Waals surface area contributed by atoms with Gasteiger partial charge in [-0.25, -0.2) is 19.2 Å². The van der Waals surface area contributed by atoms with Gasteiger partial charge in [-0.1, -0.05) is 30.3 Å². The van der Waals surface area contributed by atoms with Crippen LogP contribution >= 0.6 is 0 Å². The number of nitrogens with one attached hydrogen (secondary N) is 2. The van der Waals surface area contributed by atoms with Crippen LogP contribution in [0.1, 0.15) is 35.4 Å². The average molecular weight is 492 g/mol. The van der Waals surface area contributed by atoms with Crippen molar-refractivity contribution in [1.82, 2.24) is 24.7 Å². The number of rotatable bonds is 11. The quantitative estimate of drug-likeness (QED) is 0.216. The van der Waals surface area contributed by atoms with Gasteiger partial charge in [0, 0.05) is 23.9 Å². The summed E-state index contributed by atoms with van der Waals surface area (Å²) < 4.78 is 25.0. The maximum absolute atomic E-state index is 12.7. The largest absolute Gasteiger partial charge is 0.490 e. The number of aromatic nitrogens is 5. The van der Waals surface area contributed by atoms with Gasteiger partial charge in [0.15, 0.2) is 11.5 Å². The first-order chi connectivity index (χ1) is 17.5. The number of aromatic amines is 1. The second kappa shape index (κ2) is 11.3. The summed E-state index contributed by atoms with van der Waals surface area (Å²) in [5.74, 6) is 1.05. The Balaban J connectivity index is 1.76. The van der Waals surface area contributed by atoms with E-state index in [-0.39, 0.29) is 24.3 Å². The molecule has 0 amide bonds. The molecular weight excluding hydrogens is 465 g/mol. The molecule has 0 radical (unpaired) electrons. The number of amidine groups is 1. The lowest BCUT2D eigenvalue weighted by molar-refractivity contribution is 0.251. The van der Waals surface area contributed by atoms with Gasteiger partial charge in [-0.05, 0) is 42.7 Å². The van der Waals surface area contributed by atoms with Crippen LogP contribution in [-0.2, 0) is 6.42 Å². The number of nitrogen functional groups attached to an aromatic ring is 1. The zero-order chi connectivity index (χ0) is 25.5. The van der Waals surface area contributed by atoms with Crippen molar-refractivity contribution in [3.8, 4) is 17.4 Å². The van der Waals surface area contributed by atoms with Crippen LogP contribution in [0.4, 0.5) is 4.39 Å². The van der Waals surface area contributed by atoms with E-state index in [0.717, 1.165) is 15.8 Å². The fourth-order valence-corrected chi connectivity index (χ4v) is 3.74. The molecular formula is C25H26FN7O3. The standard InChI is InChI=1S/C25H26FN7O3/c1-2-35-21-15-18(8-9-20(21)36-13-10-26)19(14-16-4-6-17(7-5-16)22(27)28)23-31-25(34)33(32-23)24-29-11-3-12-30-24/h3-9,11-12,15,19H,2,10,13-14H2,1H3,(H3,27,28)(H,31,32,34). The molecule has 2 heterocycles. The number of nitrogens with zero attached hydrogens (tertiary/aromatic N) is 4. The predicted octanol–water partition coefficient (Wildman–Crippen LogP) is 2.76. The molecule has 0 saturated heterocycles. The molecule has 0 aliphatic heterocycles. The highest BCUT2D eigenvalue weighted by Gasteiger charge is 2.23. The molecule has 0 aliphatic rings. The van der Waals surface area contributed by atoms with Crippen molar-refractivity contribution in [3.63, 3.8) is 0 Å². The van der Waals surface area contributed by atoms with Crippen molar-refractivity contribution in [2.24, 2.45) is 5.73 Å². The van der Waals surface area contributed by atoms with Crippen molar-refractivity contribution in [2.75, 3.05) is 19.9 Å². The van der Waals surface area contributed by atoms with Gasteiger partial charge in [0.2, 0.25) is 0 Å². The van der Waals surface area contributed by atoms with Crippen LogP contribution in [0, 0.1) is 5.41 Å². The molecule has 2 aromatic carbocycles. The predicted molar refractivity (Wildman–Crippen MR) is 132 cm³/mol. The van der Waals surface area contributed by atoms with E-state index in [9.17, 15) is 9.18 Å². The van der Waals surface area contributed by atoms with Crippen LogP contribution in [0.15, 0.2) is 65.7 Å². The summed E-state index contributed by atoms with van der Waals surface area (Å²) in [6, 6.07) is 14.3. The van der Waals surface area contributed by atoms with Crippen molar-refractivity contribution >= 4 is 5.84 Å². The zero-order valence-corrected chi connectivity index (χ0v) is 19.6.